The van der Waals surface area contributed by atoms with Gasteiger partial charge in [-0.25, -0.2) is 0 Å². The first-order valence-electron chi connectivity index (χ1n) is 8.57. The topological polar surface area (TPSA) is 46.6 Å². The number of benzene rings is 1. The Morgan fingerprint density at radius 1 is 1.24 bits per heavy atom. The quantitative estimate of drug-likeness (QED) is 0.766. The molecule has 1 fully saturated rings. The molecule has 0 unspecified atom stereocenters. The predicted octanol–water partition coefficient (Wildman–Crippen LogP) is 3.73. The van der Waals surface area contributed by atoms with Crippen molar-refractivity contribution in [3.8, 4) is 5.75 Å². The molecule has 2 aromatic rings. The minimum Gasteiger partial charge on any atom is -0.496 e. The Balaban J connectivity index is 1.57. The number of ether oxygens (including phenoxy) is 1. The van der Waals surface area contributed by atoms with Gasteiger partial charge < -0.3 is 9.64 Å². The molecule has 3 rings (SSSR count). The number of amides is 1. The van der Waals surface area contributed by atoms with Gasteiger partial charge in [-0.15, -0.1) is 11.3 Å². The van der Waals surface area contributed by atoms with Crippen LogP contribution in [-0.4, -0.2) is 36.8 Å². The van der Waals surface area contributed by atoms with Gasteiger partial charge in [-0.1, -0.05) is 6.07 Å². The average Bonchev–Trinajstić information content (AvgIpc) is 3.14. The smallest absolute Gasteiger partial charge is 0.227 e. The second-order valence-electron chi connectivity index (χ2n) is 6.46. The van der Waals surface area contributed by atoms with E-state index in [0.717, 1.165) is 34.6 Å². The van der Waals surface area contributed by atoms with Crippen LogP contribution in [0.2, 0.25) is 0 Å². The Morgan fingerprint density at radius 3 is 2.60 bits per heavy atom. The van der Waals surface area contributed by atoms with Crippen molar-refractivity contribution < 1.29 is 14.3 Å². The SMILES string of the molecule is COc1ccc(C(=O)C2CCN(C(=O)Cc3cccs3)CC2)cc1C. The molecule has 4 nitrogen and oxygen atoms in total. The van der Waals surface area contributed by atoms with Crippen molar-refractivity contribution >= 4 is 23.0 Å². The molecule has 132 valence electrons. The molecule has 25 heavy (non-hydrogen) atoms. The summed E-state index contributed by atoms with van der Waals surface area (Å²) in [5.41, 5.74) is 1.71. The van der Waals surface area contributed by atoms with E-state index in [1.807, 2.05) is 47.5 Å². The number of piperidine rings is 1. The highest BCUT2D eigenvalue weighted by Crippen LogP contribution is 2.25. The largest absolute Gasteiger partial charge is 0.496 e. The molecule has 0 N–H and O–H groups in total. The van der Waals surface area contributed by atoms with Crippen LogP contribution < -0.4 is 4.74 Å². The van der Waals surface area contributed by atoms with E-state index in [2.05, 4.69) is 0 Å². The van der Waals surface area contributed by atoms with Crippen molar-refractivity contribution in [2.45, 2.75) is 26.2 Å². The number of aryl methyl sites for hydroxylation is 1. The van der Waals surface area contributed by atoms with E-state index in [9.17, 15) is 9.59 Å². The summed E-state index contributed by atoms with van der Waals surface area (Å²) in [4.78, 5) is 28.1. The predicted molar refractivity (Wildman–Crippen MR) is 99.4 cm³/mol. The summed E-state index contributed by atoms with van der Waals surface area (Å²) >= 11 is 1.61. The van der Waals surface area contributed by atoms with Gasteiger partial charge in [-0.05, 0) is 55.0 Å². The zero-order chi connectivity index (χ0) is 17.8. The van der Waals surface area contributed by atoms with Crippen LogP contribution in [0.3, 0.4) is 0 Å². The molecule has 0 atom stereocenters. The van der Waals surface area contributed by atoms with E-state index in [1.165, 1.54) is 0 Å². The normalized spacial score (nSPS) is 15.2. The minimum absolute atomic E-state index is 0.00131. The molecule has 1 aliphatic rings. The summed E-state index contributed by atoms with van der Waals surface area (Å²) < 4.78 is 5.25. The zero-order valence-electron chi connectivity index (χ0n) is 14.7. The molecule has 0 saturated carbocycles. The highest BCUT2D eigenvalue weighted by molar-refractivity contribution is 7.10. The molecule has 1 saturated heterocycles. The Labute approximate surface area is 152 Å². The number of Topliss-reactive ketones (excluding diaryl/α,β-unsaturated/α-hetero) is 1. The maximum Gasteiger partial charge on any atom is 0.227 e. The molecule has 0 spiro atoms. The molecule has 2 heterocycles. The number of hydrogen-bond donors (Lipinski definition) is 0. The third kappa shape index (κ3) is 4.10. The number of likely N-dealkylation sites (tertiary alicyclic amines) is 1. The number of carbonyl (C=O) groups is 2. The van der Waals surface area contributed by atoms with E-state index in [4.69, 9.17) is 4.74 Å². The zero-order valence-corrected chi connectivity index (χ0v) is 15.5. The van der Waals surface area contributed by atoms with Crippen molar-refractivity contribution in [2.75, 3.05) is 20.2 Å². The lowest BCUT2D eigenvalue weighted by Crippen LogP contribution is -2.40. The fourth-order valence-corrected chi connectivity index (χ4v) is 4.03. The van der Waals surface area contributed by atoms with E-state index >= 15 is 0 Å². The van der Waals surface area contributed by atoms with E-state index < -0.39 is 0 Å². The molecule has 5 heteroatoms. The lowest BCUT2D eigenvalue weighted by atomic mass is 9.88. The van der Waals surface area contributed by atoms with Crippen LogP contribution in [0, 0.1) is 12.8 Å². The standard InChI is InChI=1S/C20H23NO3S/c1-14-12-16(5-6-18(14)24-2)20(23)15-7-9-21(10-8-15)19(22)13-17-4-3-11-25-17/h3-6,11-12,15H,7-10,13H2,1-2H3. The fourth-order valence-electron chi connectivity index (χ4n) is 3.33. The van der Waals surface area contributed by atoms with Gasteiger partial charge in [0.15, 0.2) is 5.78 Å². The number of ketones is 1. The molecular weight excluding hydrogens is 334 g/mol. The second-order valence-corrected chi connectivity index (χ2v) is 7.49. The molecule has 0 bridgehead atoms. The summed E-state index contributed by atoms with van der Waals surface area (Å²) in [7, 11) is 1.63. The molecule has 1 aromatic heterocycles. The van der Waals surface area contributed by atoms with Crippen LogP contribution in [0.1, 0.15) is 33.6 Å². The number of carbonyl (C=O) groups excluding carboxylic acids is 2. The van der Waals surface area contributed by atoms with Gasteiger partial charge in [0, 0.05) is 29.4 Å². The van der Waals surface area contributed by atoms with Crippen molar-refractivity contribution in [1.29, 1.82) is 0 Å². The van der Waals surface area contributed by atoms with Gasteiger partial charge in [-0.2, -0.15) is 0 Å². The van der Waals surface area contributed by atoms with E-state index in [-0.39, 0.29) is 17.6 Å². The van der Waals surface area contributed by atoms with E-state index in [1.54, 1.807) is 18.4 Å². The lowest BCUT2D eigenvalue weighted by Gasteiger charge is -2.31. The number of thiophene rings is 1. The Bertz CT molecular complexity index is 746. The van der Waals surface area contributed by atoms with Crippen LogP contribution in [-0.2, 0) is 11.2 Å². The maximum atomic E-state index is 12.7. The number of rotatable bonds is 5. The molecular formula is C20H23NO3S. The first-order valence-corrected chi connectivity index (χ1v) is 9.45. The van der Waals surface area contributed by atoms with Crippen LogP contribution in [0.5, 0.6) is 5.75 Å². The van der Waals surface area contributed by atoms with Crippen LogP contribution in [0.4, 0.5) is 0 Å². The molecule has 1 amide bonds. The minimum atomic E-state index is -0.00131. The molecule has 1 aliphatic heterocycles. The summed E-state index contributed by atoms with van der Waals surface area (Å²) in [6, 6.07) is 9.54. The third-order valence-corrected chi connectivity index (χ3v) is 5.68. The number of hydrogen-bond acceptors (Lipinski definition) is 4. The van der Waals surface area contributed by atoms with Crippen molar-refractivity contribution in [3.63, 3.8) is 0 Å². The van der Waals surface area contributed by atoms with Gasteiger partial charge in [0.25, 0.3) is 0 Å². The third-order valence-electron chi connectivity index (χ3n) is 4.80. The van der Waals surface area contributed by atoms with Crippen molar-refractivity contribution in [1.82, 2.24) is 4.90 Å². The first kappa shape index (κ1) is 17.7. The second kappa shape index (κ2) is 7.83. The summed E-state index contributed by atoms with van der Waals surface area (Å²) in [6.45, 7) is 3.27. The number of methoxy groups -OCH3 is 1. The molecule has 1 aromatic carbocycles. The summed E-state index contributed by atoms with van der Waals surface area (Å²) in [5, 5.41) is 1.99. The molecule has 0 radical (unpaired) electrons. The van der Waals surface area contributed by atoms with Crippen LogP contribution in [0.15, 0.2) is 35.7 Å². The first-order chi connectivity index (χ1) is 12.1. The maximum absolute atomic E-state index is 12.7. The monoisotopic (exact) mass is 357 g/mol. The summed E-state index contributed by atoms with van der Waals surface area (Å²) in [6.07, 6.45) is 1.94. The lowest BCUT2D eigenvalue weighted by molar-refractivity contribution is -0.131. The Kier molecular flexibility index (Phi) is 5.53. The van der Waals surface area contributed by atoms with E-state index in [0.29, 0.717) is 19.5 Å². The molecule has 0 aliphatic carbocycles. The van der Waals surface area contributed by atoms with Crippen molar-refractivity contribution in [2.24, 2.45) is 5.92 Å². The highest BCUT2D eigenvalue weighted by Gasteiger charge is 2.28. The fraction of sp³-hybridized carbons (Fsp3) is 0.400. The van der Waals surface area contributed by atoms with Crippen LogP contribution in [0.25, 0.3) is 0 Å². The summed E-state index contributed by atoms with van der Waals surface area (Å²) in [5.74, 6) is 1.13. The van der Waals surface area contributed by atoms with Gasteiger partial charge in [0.05, 0.1) is 13.5 Å². The number of nitrogens with zero attached hydrogens (tertiary/aromatic N) is 1. The highest BCUT2D eigenvalue weighted by atomic mass is 32.1. The van der Waals surface area contributed by atoms with Gasteiger partial charge in [0.1, 0.15) is 5.75 Å². The van der Waals surface area contributed by atoms with Crippen molar-refractivity contribution in [3.05, 3.63) is 51.7 Å². The van der Waals surface area contributed by atoms with Gasteiger partial charge in [-0.3, -0.25) is 9.59 Å². The average molecular weight is 357 g/mol. The van der Waals surface area contributed by atoms with Gasteiger partial charge >= 0.3 is 0 Å². The Hall–Kier alpha value is -2.14. The Morgan fingerprint density at radius 2 is 2.00 bits per heavy atom. The van der Waals surface area contributed by atoms with Crippen LogP contribution >= 0.6 is 11.3 Å². The van der Waals surface area contributed by atoms with Gasteiger partial charge in [0.2, 0.25) is 5.91 Å².